The van der Waals surface area contributed by atoms with Gasteiger partial charge in [-0.15, -0.1) is 24.0 Å². The molecule has 6 nitrogen and oxygen atoms in total. The van der Waals surface area contributed by atoms with E-state index in [4.69, 9.17) is 4.99 Å². The lowest BCUT2D eigenvalue weighted by molar-refractivity contribution is -0.147. The van der Waals surface area contributed by atoms with Crippen LogP contribution in [0.25, 0.3) is 0 Å². The fourth-order valence-electron chi connectivity index (χ4n) is 3.67. The molecule has 2 fully saturated rings. The smallest absolute Gasteiger partial charge is 0.229 e. The fourth-order valence-corrected chi connectivity index (χ4v) is 3.67. The van der Waals surface area contributed by atoms with E-state index in [-0.39, 0.29) is 35.8 Å². The SMILES string of the molecule is CCNC(=NCC1(CC)CCCC1)NCCN1C(=O)CCCC1=O.I. The largest absolute Gasteiger partial charge is 0.357 e. The Morgan fingerprint density at radius 1 is 1.08 bits per heavy atom. The molecule has 0 spiro atoms. The molecule has 25 heavy (non-hydrogen) atoms. The van der Waals surface area contributed by atoms with E-state index < -0.39 is 0 Å². The van der Waals surface area contributed by atoms with Crippen LogP contribution in [-0.2, 0) is 9.59 Å². The highest BCUT2D eigenvalue weighted by Gasteiger charge is 2.31. The lowest BCUT2D eigenvalue weighted by Crippen LogP contribution is -2.46. The monoisotopic (exact) mass is 464 g/mol. The summed E-state index contributed by atoms with van der Waals surface area (Å²) in [5.41, 5.74) is 0.362. The number of halogens is 1. The van der Waals surface area contributed by atoms with Crippen LogP contribution in [0, 0.1) is 5.41 Å². The van der Waals surface area contributed by atoms with Crippen LogP contribution in [0.1, 0.15) is 65.2 Å². The lowest BCUT2D eigenvalue weighted by atomic mass is 9.84. The van der Waals surface area contributed by atoms with Gasteiger partial charge in [0.2, 0.25) is 11.8 Å². The molecule has 0 bridgehead atoms. The van der Waals surface area contributed by atoms with E-state index in [2.05, 4.69) is 17.6 Å². The Morgan fingerprint density at radius 2 is 1.72 bits per heavy atom. The van der Waals surface area contributed by atoms with Crippen LogP contribution < -0.4 is 10.6 Å². The van der Waals surface area contributed by atoms with Gasteiger partial charge < -0.3 is 10.6 Å². The Bertz CT molecular complexity index is 460. The molecule has 0 atom stereocenters. The number of hydrogen-bond acceptors (Lipinski definition) is 3. The first-order chi connectivity index (χ1) is 11.6. The number of carbonyl (C=O) groups is 2. The van der Waals surface area contributed by atoms with Crippen LogP contribution in [0.4, 0.5) is 0 Å². The molecule has 7 heteroatoms. The zero-order valence-electron chi connectivity index (χ0n) is 15.6. The molecule has 1 heterocycles. The van der Waals surface area contributed by atoms with Crippen molar-refractivity contribution in [2.45, 2.75) is 65.2 Å². The van der Waals surface area contributed by atoms with Crippen molar-refractivity contribution in [2.24, 2.45) is 10.4 Å². The Balaban J connectivity index is 0.00000312. The summed E-state index contributed by atoms with van der Waals surface area (Å²) in [5, 5.41) is 6.53. The highest BCUT2D eigenvalue weighted by Crippen LogP contribution is 2.41. The summed E-state index contributed by atoms with van der Waals surface area (Å²) in [4.78, 5) is 29.8. The Morgan fingerprint density at radius 3 is 2.28 bits per heavy atom. The predicted octanol–water partition coefficient (Wildman–Crippen LogP) is 2.67. The van der Waals surface area contributed by atoms with E-state index in [1.54, 1.807) is 0 Å². The van der Waals surface area contributed by atoms with E-state index in [1.807, 2.05) is 6.92 Å². The van der Waals surface area contributed by atoms with Gasteiger partial charge >= 0.3 is 0 Å². The molecule has 2 aliphatic rings. The fraction of sp³-hybridized carbons (Fsp3) is 0.833. The molecule has 0 radical (unpaired) electrons. The standard InChI is InChI=1S/C18H32N4O2.HI/c1-3-18(10-5-6-11-18)14-21-17(19-4-2)20-12-13-22-15(23)8-7-9-16(22)24;/h3-14H2,1-2H3,(H2,19,20,21);1H. The average molecular weight is 464 g/mol. The minimum atomic E-state index is -0.0501. The zero-order valence-corrected chi connectivity index (χ0v) is 17.9. The topological polar surface area (TPSA) is 73.8 Å². The number of carbonyl (C=O) groups excluding carboxylic acids is 2. The maximum Gasteiger partial charge on any atom is 0.229 e. The molecule has 2 rings (SSSR count). The molecule has 0 aromatic rings. The van der Waals surface area contributed by atoms with Crippen LogP contribution >= 0.6 is 24.0 Å². The Hall–Kier alpha value is -0.860. The number of likely N-dealkylation sites (tertiary alicyclic amines) is 1. The van der Waals surface area contributed by atoms with Crippen molar-refractivity contribution in [3.63, 3.8) is 0 Å². The van der Waals surface area contributed by atoms with Gasteiger partial charge in [0.1, 0.15) is 0 Å². The van der Waals surface area contributed by atoms with Gasteiger partial charge in [0, 0.05) is 39.0 Å². The van der Waals surface area contributed by atoms with Crippen molar-refractivity contribution in [3.05, 3.63) is 0 Å². The lowest BCUT2D eigenvalue weighted by Gasteiger charge is -2.26. The molecule has 144 valence electrons. The van der Waals surface area contributed by atoms with Gasteiger partial charge in [-0.05, 0) is 38.0 Å². The molecule has 0 unspecified atom stereocenters. The van der Waals surface area contributed by atoms with Crippen LogP contribution in [-0.4, -0.2) is 48.9 Å². The molecule has 2 N–H and O–H groups in total. The Labute approximate surface area is 168 Å². The molecule has 1 aliphatic heterocycles. The van der Waals surface area contributed by atoms with Crippen molar-refractivity contribution < 1.29 is 9.59 Å². The number of imide groups is 1. The molecule has 2 amide bonds. The second kappa shape index (κ2) is 11.0. The summed E-state index contributed by atoms with van der Waals surface area (Å²) in [6, 6.07) is 0. The van der Waals surface area contributed by atoms with Crippen molar-refractivity contribution in [1.82, 2.24) is 15.5 Å². The first kappa shape index (κ1) is 22.2. The van der Waals surface area contributed by atoms with Crippen LogP contribution in [0.15, 0.2) is 4.99 Å². The van der Waals surface area contributed by atoms with Gasteiger partial charge in [-0.1, -0.05) is 19.8 Å². The number of guanidine groups is 1. The van der Waals surface area contributed by atoms with E-state index in [0.29, 0.717) is 37.8 Å². The number of nitrogens with one attached hydrogen (secondary N) is 2. The summed E-state index contributed by atoms with van der Waals surface area (Å²) in [6.45, 7) is 6.91. The second-order valence-corrected chi connectivity index (χ2v) is 6.98. The van der Waals surface area contributed by atoms with Gasteiger partial charge in [0.05, 0.1) is 0 Å². The maximum atomic E-state index is 11.8. The van der Waals surface area contributed by atoms with Crippen molar-refractivity contribution in [2.75, 3.05) is 26.2 Å². The molecule has 1 saturated carbocycles. The van der Waals surface area contributed by atoms with Gasteiger partial charge in [-0.3, -0.25) is 19.5 Å². The molecule has 1 aliphatic carbocycles. The number of nitrogens with zero attached hydrogens (tertiary/aromatic N) is 2. The first-order valence-corrected chi connectivity index (χ1v) is 9.45. The van der Waals surface area contributed by atoms with Crippen molar-refractivity contribution >= 4 is 41.8 Å². The number of rotatable bonds is 7. The van der Waals surface area contributed by atoms with E-state index in [0.717, 1.165) is 19.0 Å². The minimum Gasteiger partial charge on any atom is -0.357 e. The number of hydrogen-bond donors (Lipinski definition) is 2. The zero-order chi connectivity index (χ0) is 17.4. The third kappa shape index (κ3) is 6.42. The van der Waals surface area contributed by atoms with E-state index >= 15 is 0 Å². The quantitative estimate of drug-likeness (QED) is 0.263. The Kier molecular flexibility index (Phi) is 9.74. The summed E-state index contributed by atoms with van der Waals surface area (Å²) in [7, 11) is 0. The minimum absolute atomic E-state index is 0. The van der Waals surface area contributed by atoms with Crippen LogP contribution in [0.2, 0.25) is 0 Å². The van der Waals surface area contributed by atoms with Crippen LogP contribution in [0.3, 0.4) is 0 Å². The molecule has 1 saturated heterocycles. The average Bonchev–Trinajstić information content (AvgIpc) is 3.05. The molecule has 0 aromatic carbocycles. The highest BCUT2D eigenvalue weighted by atomic mass is 127. The number of aliphatic imine (C=N–C) groups is 1. The normalized spacial score (nSPS) is 20.4. The van der Waals surface area contributed by atoms with Gasteiger partial charge in [0.15, 0.2) is 5.96 Å². The van der Waals surface area contributed by atoms with Crippen molar-refractivity contribution in [3.8, 4) is 0 Å². The molecular formula is C18H33IN4O2. The van der Waals surface area contributed by atoms with Crippen LogP contribution in [0.5, 0.6) is 0 Å². The van der Waals surface area contributed by atoms with Crippen molar-refractivity contribution in [1.29, 1.82) is 0 Å². The predicted molar refractivity (Wildman–Crippen MR) is 111 cm³/mol. The molecule has 0 aromatic heterocycles. The molecular weight excluding hydrogens is 431 g/mol. The number of amides is 2. The third-order valence-corrected chi connectivity index (χ3v) is 5.34. The third-order valence-electron chi connectivity index (χ3n) is 5.34. The van der Waals surface area contributed by atoms with Gasteiger partial charge in [-0.2, -0.15) is 0 Å². The maximum absolute atomic E-state index is 11.8. The summed E-state index contributed by atoms with van der Waals surface area (Å²) >= 11 is 0. The van der Waals surface area contributed by atoms with E-state index in [1.165, 1.54) is 37.0 Å². The summed E-state index contributed by atoms with van der Waals surface area (Å²) < 4.78 is 0. The van der Waals surface area contributed by atoms with E-state index in [9.17, 15) is 9.59 Å². The first-order valence-electron chi connectivity index (χ1n) is 9.45. The van der Waals surface area contributed by atoms with Gasteiger partial charge in [-0.25, -0.2) is 0 Å². The summed E-state index contributed by atoms with van der Waals surface area (Å²) in [6.07, 6.45) is 7.99. The second-order valence-electron chi connectivity index (χ2n) is 6.98. The van der Waals surface area contributed by atoms with Gasteiger partial charge in [0.25, 0.3) is 0 Å². The number of piperidine rings is 1. The highest BCUT2D eigenvalue weighted by molar-refractivity contribution is 14.0. The summed E-state index contributed by atoms with van der Waals surface area (Å²) in [5.74, 6) is 0.686.